The van der Waals surface area contributed by atoms with Crippen LogP contribution < -0.4 is 11.1 Å². The molecule has 0 unspecified atom stereocenters. The molecular formula is C19H20N2O4. The van der Waals surface area contributed by atoms with Crippen LogP contribution in [-0.2, 0) is 4.74 Å². The number of ether oxygens (including phenoxy) is 1. The van der Waals surface area contributed by atoms with Crippen LogP contribution in [0.15, 0.2) is 48.5 Å². The van der Waals surface area contributed by atoms with Crippen molar-refractivity contribution in [1.82, 2.24) is 0 Å². The highest BCUT2D eigenvalue weighted by Crippen LogP contribution is 2.13. The number of esters is 1. The van der Waals surface area contributed by atoms with Crippen LogP contribution in [0.5, 0.6) is 0 Å². The maximum Gasteiger partial charge on any atom is 0.338 e. The topological polar surface area (TPSA) is 98.5 Å². The van der Waals surface area contributed by atoms with E-state index in [-0.39, 0.29) is 11.9 Å². The van der Waals surface area contributed by atoms with Crippen LogP contribution in [0.3, 0.4) is 0 Å². The molecule has 0 bridgehead atoms. The number of nitrogens with one attached hydrogen (secondary N) is 1. The van der Waals surface area contributed by atoms with Crippen molar-refractivity contribution in [2.75, 3.05) is 11.9 Å². The Balaban J connectivity index is 1.97. The second-order valence-corrected chi connectivity index (χ2v) is 5.46. The van der Waals surface area contributed by atoms with Gasteiger partial charge >= 0.3 is 5.97 Å². The first-order valence-electron chi connectivity index (χ1n) is 7.99. The van der Waals surface area contributed by atoms with Gasteiger partial charge in [0.15, 0.2) is 0 Å². The van der Waals surface area contributed by atoms with Crippen LogP contribution in [0.2, 0.25) is 0 Å². The minimum Gasteiger partial charge on any atom is -0.462 e. The zero-order valence-corrected chi connectivity index (χ0v) is 14.0. The molecule has 0 aromatic heterocycles. The van der Waals surface area contributed by atoms with E-state index < -0.39 is 5.91 Å². The number of primary amides is 1. The molecule has 2 aromatic carbocycles. The third kappa shape index (κ3) is 5.17. The molecule has 6 heteroatoms. The quantitative estimate of drug-likeness (QED) is 0.598. The molecule has 0 spiro atoms. The Bertz CT molecular complexity index is 752. The molecule has 0 fully saturated rings. The van der Waals surface area contributed by atoms with Crippen LogP contribution in [0.1, 0.15) is 50.8 Å². The lowest BCUT2D eigenvalue weighted by molar-refractivity contribution is 0.0499. The SMILES string of the molecule is CCCCOC(=O)c1ccc(NC(=O)c2ccc(C(N)=O)cc2)cc1. The highest BCUT2D eigenvalue weighted by molar-refractivity contribution is 6.05. The lowest BCUT2D eigenvalue weighted by atomic mass is 10.1. The van der Waals surface area contributed by atoms with Gasteiger partial charge in [-0.05, 0) is 55.0 Å². The van der Waals surface area contributed by atoms with Crippen molar-refractivity contribution in [1.29, 1.82) is 0 Å². The number of unbranched alkanes of at least 4 members (excludes halogenated alkanes) is 1. The van der Waals surface area contributed by atoms with Gasteiger partial charge in [0.2, 0.25) is 5.91 Å². The summed E-state index contributed by atoms with van der Waals surface area (Å²) in [6.07, 6.45) is 1.78. The van der Waals surface area contributed by atoms with E-state index in [1.54, 1.807) is 24.3 Å². The monoisotopic (exact) mass is 340 g/mol. The molecule has 130 valence electrons. The van der Waals surface area contributed by atoms with E-state index in [1.165, 1.54) is 24.3 Å². The van der Waals surface area contributed by atoms with Crippen LogP contribution in [-0.4, -0.2) is 24.4 Å². The molecule has 2 amide bonds. The minimum absolute atomic E-state index is 0.325. The molecule has 3 N–H and O–H groups in total. The van der Waals surface area contributed by atoms with Gasteiger partial charge in [0.1, 0.15) is 0 Å². The molecule has 2 aromatic rings. The standard InChI is InChI=1S/C19H20N2O4/c1-2-3-12-25-19(24)15-8-10-16(11-9-15)21-18(23)14-6-4-13(5-7-14)17(20)22/h4-11H,2-3,12H2,1H3,(H2,20,22)(H,21,23). The number of hydrogen-bond donors (Lipinski definition) is 2. The van der Waals surface area contributed by atoms with E-state index in [9.17, 15) is 14.4 Å². The van der Waals surface area contributed by atoms with Gasteiger partial charge in [0.25, 0.3) is 5.91 Å². The number of anilines is 1. The number of rotatable bonds is 7. The lowest BCUT2D eigenvalue weighted by Crippen LogP contribution is -2.14. The summed E-state index contributed by atoms with van der Waals surface area (Å²) < 4.78 is 5.13. The first kappa shape index (κ1) is 18.2. The zero-order chi connectivity index (χ0) is 18.2. The molecule has 25 heavy (non-hydrogen) atoms. The molecule has 2 rings (SSSR count). The minimum atomic E-state index is -0.548. The molecule has 0 atom stereocenters. The van der Waals surface area contributed by atoms with Gasteiger partial charge in [0, 0.05) is 16.8 Å². The number of hydrogen-bond acceptors (Lipinski definition) is 4. The molecule has 0 saturated heterocycles. The lowest BCUT2D eigenvalue weighted by Gasteiger charge is -2.07. The maximum atomic E-state index is 12.2. The largest absolute Gasteiger partial charge is 0.462 e. The fourth-order valence-corrected chi connectivity index (χ4v) is 2.07. The summed E-state index contributed by atoms with van der Waals surface area (Å²) in [5.74, 6) is -1.25. The fourth-order valence-electron chi connectivity index (χ4n) is 2.07. The molecule has 0 radical (unpaired) electrons. The average Bonchev–Trinajstić information content (AvgIpc) is 2.62. The molecular weight excluding hydrogens is 320 g/mol. The molecule has 0 aliphatic heterocycles. The second kappa shape index (κ2) is 8.63. The number of amides is 2. The first-order valence-corrected chi connectivity index (χ1v) is 7.99. The summed E-state index contributed by atoms with van der Waals surface area (Å²) in [5.41, 5.74) is 6.88. The van der Waals surface area contributed by atoms with Crippen molar-refractivity contribution in [3.8, 4) is 0 Å². The highest BCUT2D eigenvalue weighted by atomic mass is 16.5. The summed E-state index contributed by atoms with van der Waals surface area (Å²) >= 11 is 0. The molecule has 0 saturated carbocycles. The normalized spacial score (nSPS) is 10.1. The van der Waals surface area contributed by atoms with E-state index in [1.807, 2.05) is 6.92 Å². The van der Waals surface area contributed by atoms with E-state index in [2.05, 4.69) is 5.32 Å². The van der Waals surface area contributed by atoms with Gasteiger partial charge in [0.05, 0.1) is 12.2 Å². The van der Waals surface area contributed by atoms with Gasteiger partial charge in [-0.25, -0.2) is 4.79 Å². The summed E-state index contributed by atoms with van der Waals surface area (Å²) in [5, 5.41) is 2.72. The van der Waals surface area contributed by atoms with Crippen molar-refractivity contribution in [2.45, 2.75) is 19.8 Å². The van der Waals surface area contributed by atoms with Crippen molar-refractivity contribution in [3.05, 3.63) is 65.2 Å². The van der Waals surface area contributed by atoms with Crippen LogP contribution in [0.25, 0.3) is 0 Å². The Morgan fingerprint density at radius 3 is 2.04 bits per heavy atom. The Morgan fingerprint density at radius 1 is 0.920 bits per heavy atom. The van der Waals surface area contributed by atoms with Crippen molar-refractivity contribution < 1.29 is 19.1 Å². The van der Waals surface area contributed by atoms with E-state index in [0.29, 0.717) is 29.0 Å². The number of carbonyl (C=O) groups excluding carboxylic acids is 3. The van der Waals surface area contributed by atoms with E-state index in [4.69, 9.17) is 10.5 Å². The predicted molar refractivity (Wildman–Crippen MR) is 94.5 cm³/mol. The van der Waals surface area contributed by atoms with Gasteiger partial charge in [-0.3, -0.25) is 9.59 Å². The third-order valence-corrected chi connectivity index (χ3v) is 3.54. The van der Waals surface area contributed by atoms with Crippen molar-refractivity contribution in [2.24, 2.45) is 5.73 Å². The fraction of sp³-hybridized carbons (Fsp3) is 0.211. The van der Waals surface area contributed by atoms with Crippen LogP contribution in [0, 0.1) is 0 Å². The second-order valence-electron chi connectivity index (χ2n) is 5.46. The number of benzene rings is 2. The molecule has 6 nitrogen and oxygen atoms in total. The zero-order valence-electron chi connectivity index (χ0n) is 14.0. The third-order valence-electron chi connectivity index (χ3n) is 3.54. The molecule has 0 heterocycles. The number of nitrogens with two attached hydrogens (primary N) is 1. The van der Waals surface area contributed by atoms with Crippen molar-refractivity contribution >= 4 is 23.5 Å². The molecule has 0 aliphatic carbocycles. The summed E-state index contributed by atoms with van der Waals surface area (Å²) in [6.45, 7) is 2.42. The van der Waals surface area contributed by atoms with Gasteiger partial charge < -0.3 is 15.8 Å². The van der Waals surface area contributed by atoms with Crippen LogP contribution in [0.4, 0.5) is 5.69 Å². The van der Waals surface area contributed by atoms with Crippen molar-refractivity contribution in [3.63, 3.8) is 0 Å². The Hall–Kier alpha value is -3.15. The Morgan fingerprint density at radius 2 is 1.48 bits per heavy atom. The Kier molecular flexibility index (Phi) is 6.28. The van der Waals surface area contributed by atoms with Gasteiger partial charge in [-0.2, -0.15) is 0 Å². The average molecular weight is 340 g/mol. The van der Waals surface area contributed by atoms with Gasteiger partial charge in [-0.15, -0.1) is 0 Å². The smallest absolute Gasteiger partial charge is 0.338 e. The predicted octanol–water partition coefficient (Wildman–Crippen LogP) is 2.99. The first-order chi connectivity index (χ1) is 12.0. The highest BCUT2D eigenvalue weighted by Gasteiger charge is 2.10. The summed E-state index contributed by atoms with van der Waals surface area (Å²) in [7, 11) is 0. The Labute approximate surface area is 146 Å². The van der Waals surface area contributed by atoms with E-state index >= 15 is 0 Å². The maximum absolute atomic E-state index is 12.2. The van der Waals surface area contributed by atoms with E-state index in [0.717, 1.165) is 12.8 Å². The number of carbonyl (C=O) groups is 3. The summed E-state index contributed by atoms with van der Waals surface area (Å²) in [4.78, 5) is 35.0. The van der Waals surface area contributed by atoms with Crippen LogP contribution >= 0.6 is 0 Å². The summed E-state index contributed by atoms with van der Waals surface area (Å²) in [6, 6.07) is 12.5. The van der Waals surface area contributed by atoms with Gasteiger partial charge in [-0.1, -0.05) is 13.3 Å². The molecule has 0 aliphatic rings.